The lowest BCUT2D eigenvalue weighted by molar-refractivity contribution is -0.116. The predicted octanol–water partition coefficient (Wildman–Crippen LogP) is 0.884. The van der Waals surface area contributed by atoms with Crippen molar-refractivity contribution >= 4 is 5.78 Å². The van der Waals surface area contributed by atoms with Crippen molar-refractivity contribution in [3.8, 4) is 0 Å². The highest BCUT2D eigenvalue weighted by atomic mass is 16.1. The average molecular weight is 139 g/mol. The lowest BCUT2D eigenvalue weighted by Gasteiger charge is -2.20. The summed E-state index contributed by atoms with van der Waals surface area (Å²) in [5.74, 6) is 0.139. The van der Waals surface area contributed by atoms with E-state index in [4.69, 9.17) is 0 Å². The summed E-state index contributed by atoms with van der Waals surface area (Å²) in [6.45, 7) is 4.42. The number of hydrogen-bond acceptors (Lipinski definition) is 2. The summed E-state index contributed by atoms with van der Waals surface area (Å²) in [5.41, 5.74) is 0. The second-order valence-electron chi connectivity index (χ2n) is 2.61. The Labute approximate surface area is 61.3 Å². The van der Waals surface area contributed by atoms with Crippen LogP contribution in [0.4, 0.5) is 0 Å². The van der Waals surface area contributed by atoms with Crippen molar-refractivity contribution in [3.05, 3.63) is 12.7 Å². The maximum atomic E-state index is 11.0. The smallest absolute Gasteiger partial charge is 0.171 e. The highest BCUT2D eigenvalue weighted by Crippen LogP contribution is 2.07. The molecule has 1 aliphatic rings. The van der Waals surface area contributed by atoms with Crippen LogP contribution in [0.15, 0.2) is 12.7 Å². The number of hydrogen-bond donors (Lipinski definition) is 1. The Kier molecular flexibility index (Phi) is 2.63. The molecule has 10 heavy (non-hydrogen) atoms. The van der Waals surface area contributed by atoms with Gasteiger partial charge in [-0.1, -0.05) is 13.0 Å². The molecule has 2 nitrogen and oxygen atoms in total. The van der Waals surface area contributed by atoms with Crippen molar-refractivity contribution < 1.29 is 4.79 Å². The molecule has 0 aromatic rings. The maximum absolute atomic E-state index is 11.0. The van der Waals surface area contributed by atoms with Crippen LogP contribution in [0.25, 0.3) is 0 Å². The largest absolute Gasteiger partial charge is 0.307 e. The second-order valence-corrected chi connectivity index (χ2v) is 2.61. The first-order valence-electron chi connectivity index (χ1n) is 3.74. The first-order chi connectivity index (χ1) is 4.84. The standard InChI is InChI=1S/C8H13NO/c1-2-8(10)7-5-3-4-6-9-7/h2,7,9H,1,3-6H2/t7-/m1/s1. The molecule has 1 aliphatic heterocycles. The predicted molar refractivity (Wildman–Crippen MR) is 40.8 cm³/mol. The first-order valence-corrected chi connectivity index (χ1v) is 3.74. The Morgan fingerprint density at radius 2 is 2.40 bits per heavy atom. The van der Waals surface area contributed by atoms with Crippen molar-refractivity contribution in [1.29, 1.82) is 0 Å². The zero-order valence-corrected chi connectivity index (χ0v) is 6.10. The van der Waals surface area contributed by atoms with Gasteiger partial charge in [0.15, 0.2) is 5.78 Å². The van der Waals surface area contributed by atoms with E-state index in [2.05, 4.69) is 11.9 Å². The average Bonchev–Trinajstić information content (AvgIpc) is 2.05. The van der Waals surface area contributed by atoms with Gasteiger partial charge in [-0.15, -0.1) is 0 Å². The molecule has 0 unspecified atom stereocenters. The highest BCUT2D eigenvalue weighted by Gasteiger charge is 2.16. The Hall–Kier alpha value is -0.630. The number of rotatable bonds is 2. The van der Waals surface area contributed by atoms with E-state index >= 15 is 0 Å². The van der Waals surface area contributed by atoms with E-state index < -0.39 is 0 Å². The van der Waals surface area contributed by atoms with Gasteiger partial charge in [0.2, 0.25) is 0 Å². The van der Waals surface area contributed by atoms with E-state index in [0.29, 0.717) is 0 Å². The molecule has 0 amide bonds. The summed E-state index contributed by atoms with van der Waals surface area (Å²) < 4.78 is 0. The Morgan fingerprint density at radius 3 is 2.90 bits per heavy atom. The van der Waals surface area contributed by atoms with E-state index in [1.54, 1.807) is 0 Å². The van der Waals surface area contributed by atoms with Crippen molar-refractivity contribution in [2.24, 2.45) is 0 Å². The van der Waals surface area contributed by atoms with Crippen LogP contribution in [-0.2, 0) is 4.79 Å². The second kappa shape index (κ2) is 3.52. The van der Waals surface area contributed by atoms with E-state index in [-0.39, 0.29) is 11.8 Å². The van der Waals surface area contributed by atoms with E-state index in [1.165, 1.54) is 12.5 Å². The molecule has 0 saturated carbocycles. The van der Waals surface area contributed by atoms with Gasteiger partial charge in [0.25, 0.3) is 0 Å². The monoisotopic (exact) mass is 139 g/mol. The van der Waals surface area contributed by atoms with Crippen LogP contribution in [0.2, 0.25) is 0 Å². The molecule has 1 N–H and O–H groups in total. The van der Waals surface area contributed by atoms with Crippen LogP contribution in [0.1, 0.15) is 19.3 Å². The van der Waals surface area contributed by atoms with Gasteiger partial charge >= 0.3 is 0 Å². The number of carbonyl (C=O) groups excluding carboxylic acids is 1. The van der Waals surface area contributed by atoms with Crippen LogP contribution in [-0.4, -0.2) is 18.4 Å². The molecule has 1 atom stereocenters. The van der Waals surface area contributed by atoms with Crippen LogP contribution >= 0.6 is 0 Å². The van der Waals surface area contributed by atoms with Gasteiger partial charge in [-0.05, 0) is 25.5 Å². The molecular formula is C8H13NO. The van der Waals surface area contributed by atoms with Gasteiger partial charge in [0, 0.05) is 0 Å². The lowest BCUT2D eigenvalue weighted by Crippen LogP contribution is -2.39. The Morgan fingerprint density at radius 1 is 1.60 bits per heavy atom. The van der Waals surface area contributed by atoms with E-state index in [0.717, 1.165) is 19.4 Å². The summed E-state index contributed by atoms with van der Waals surface area (Å²) in [7, 11) is 0. The molecule has 0 aromatic heterocycles. The summed E-state index contributed by atoms with van der Waals surface area (Å²) in [6.07, 6.45) is 4.74. The molecule has 0 spiro atoms. The van der Waals surface area contributed by atoms with Crippen molar-refractivity contribution in [2.45, 2.75) is 25.3 Å². The third-order valence-corrected chi connectivity index (χ3v) is 1.85. The minimum Gasteiger partial charge on any atom is -0.307 e. The molecule has 0 aromatic carbocycles. The van der Waals surface area contributed by atoms with Crippen molar-refractivity contribution in [1.82, 2.24) is 5.32 Å². The zero-order chi connectivity index (χ0) is 7.40. The third-order valence-electron chi connectivity index (χ3n) is 1.85. The van der Waals surface area contributed by atoms with Crippen LogP contribution in [0, 0.1) is 0 Å². The first kappa shape index (κ1) is 7.48. The fraction of sp³-hybridized carbons (Fsp3) is 0.625. The Balaban J connectivity index is 2.38. The molecule has 1 heterocycles. The zero-order valence-electron chi connectivity index (χ0n) is 6.10. The maximum Gasteiger partial charge on any atom is 0.171 e. The van der Waals surface area contributed by atoms with E-state index in [1.807, 2.05) is 0 Å². The van der Waals surface area contributed by atoms with Gasteiger partial charge in [-0.25, -0.2) is 0 Å². The molecule has 1 saturated heterocycles. The molecule has 0 radical (unpaired) electrons. The molecule has 2 heteroatoms. The summed E-state index contributed by atoms with van der Waals surface area (Å²) in [4.78, 5) is 11.0. The van der Waals surface area contributed by atoms with Gasteiger partial charge < -0.3 is 5.32 Å². The van der Waals surface area contributed by atoms with Crippen LogP contribution in [0.3, 0.4) is 0 Å². The molecule has 1 rings (SSSR count). The molecule has 1 fully saturated rings. The fourth-order valence-electron chi connectivity index (χ4n) is 1.24. The lowest BCUT2D eigenvalue weighted by atomic mass is 10.0. The van der Waals surface area contributed by atoms with Crippen LogP contribution < -0.4 is 5.32 Å². The van der Waals surface area contributed by atoms with Gasteiger partial charge in [0.05, 0.1) is 6.04 Å². The number of carbonyl (C=O) groups is 1. The Bertz CT molecular complexity index is 136. The number of piperidine rings is 1. The van der Waals surface area contributed by atoms with Gasteiger partial charge in [0.1, 0.15) is 0 Å². The number of nitrogens with one attached hydrogen (secondary N) is 1. The van der Waals surface area contributed by atoms with Crippen molar-refractivity contribution in [2.75, 3.05) is 6.54 Å². The fourth-order valence-corrected chi connectivity index (χ4v) is 1.24. The van der Waals surface area contributed by atoms with Gasteiger partial charge in [-0.2, -0.15) is 0 Å². The molecular weight excluding hydrogens is 126 g/mol. The SMILES string of the molecule is C=CC(=O)[C@H]1CCCCN1. The summed E-state index contributed by atoms with van der Waals surface area (Å²) >= 11 is 0. The molecule has 56 valence electrons. The normalized spacial score (nSPS) is 25.8. The van der Waals surface area contributed by atoms with E-state index in [9.17, 15) is 4.79 Å². The minimum atomic E-state index is 0.0613. The van der Waals surface area contributed by atoms with Crippen LogP contribution in [0.5, 0.6) is 0 Å². The van der Waals surface area contributed by atoms with Crippen molar-refractivity contribution in [3.63, 3.8) is 0 Å². The summed E-state index contributed by atoms with van der Waals surface area (Å²) in [5, 5.41) is 3.15. The topological polar surface area (TPSA) is 29.1 Å². The quantitative estimate of drug-likeness (QED) is 0.575. The highest BCUT2D eigenvalue weighted by molar-refractivity contribution is 5.93. The van der Waals surface area contributed by atoms with Gasteiger partial charge in [-0.3, -0.25) is 4.79 Å². The summed E-state index contributed by atoms with van der Waals surface area (Å²) in [6, 6.07) is 0.0613. The molecule has 0 bridgehead atoms. The minimum absolute atomic E-state index is 0.0613. The number of ketones is 1. The molecule has 0 aliphatic carbocycles. The third kappa shape index (κ3) is 1.67.